The number of carbonyl (C=O) groups excluding carboxylic acids is 9. The van der Waals surface area contributed by atoms with E-state index in [4.69, 9.17) is 41.0 Å². The minimum Gasteiger partial charge on any atom is -0.508 e. The largest absolute Gasteiger partial charge is 0.508 e. The number of amides is 9. The number of primary amides is 1. The van der Waals surface area contributed by atoms with Gasteiger partial charge < -0.3 is 84.9 Å². The lowest BCUT2D eigenvalue weighted by Gasteiger charge is -2.26. The van der Waals surface area contributed by atoms with Gasteiger partial charge in [0.15, 0.2) is 5.78 Å². The molecule has 2 aliphatic heterocycles. The number of hydrogen-bond donors (Lipinski definition) is 7. The molecule has 504 valence electrons. The molecule has 9 amide bonds. The van der Waals surface area contributed by atoms with Gasteiger partial charge in [0.2, 0.25) is 5.91 Å². The first-order valence-corrected chi connectivity index (χ1v) is 31.4. The highest BCUT2D eigenvalue weighted by Crippen LogP contribution is 2.47. The Morgan fingerprint density at radius 1 is 0.853 bits per heavy atom. The van der Waals surface area contributed by atoms with Crippen molar-refractivity contribution in [3.8, 4) is 11.5 Å². The second-order valence-electron chi connectivity index (χ2n) is 23.0. The fourth-order valence-corrected chi connectivity index (χ4v) is 11.0. The van der Waals surface area contributed by atoms with Crippen LogP contribution in [0.25, 0.3) is 16.4 Å². The van der Waals surface area contributed by atoms with Gasteiger partial charge in [-0.1, -0.05) is 50.8 Å². The number of ketones is 1. The molecule has 0 spiro atoms. The van der Waals surface area contributed by atoms with E-state index in [1.54, 1.807) is 84.1 Å². The van der Waals surface area contributed by atoms with Crippen molar-refractivity contribution >= 4 is 98.8 Å². The fraction of sp³-hybridized carbons (Fsp3) is 0.373. The molecule has 0 fully saturated rings. The van der Waals surface area contributed by atoms with Crippen molar-refractivity contribution in [2.24, 2.45) is 17.6 Å². The van der Waals surface area contributed by atoms with Gasteiger partial charge in [0, 0.05) is 117 Å². The van der Waals surface area contributed by atoms with Crippen LogP contribution in [-0.2, 0) is 39.9 Å². The quantitative estimate of drug-likeness (QED) is 0.0159. The van der Waals surface area contributed by atoms with Crippen molar-refractivity contribution in [1.29, 1.82) is 0 Å². The van der Waals surface area contributed by atoms with E-state index in [1.165, 1.54) is 52.1 Å². The number of rotatable bonds is 32. The zero-order chi connectivity index (χ0) is 68.3. The van der Waals surface area contributed by atoms with E-state index in [0.29, 0.717) is 51.3 Å². The van der Waals surface area contributed by atoms with Gasteiger partial charge in [0.1, 0.15) is 36.1 Å². The number of nitrogens with two attached hydrogens (primary N) is 1. The number of phenolic OH excluding ortho intramolecular Hbond substituents is 1. The van der Waals surface area contributed by atoms with Crippen molar-refractivity contribution in [1.82, 2.24) is 34.7 Å². The molecule has 0 aliphatic carbocycles. The molecule has 3 atom stereocenters. The van der Waals surface area contributed by atoms with Crippen molar-refractivity contribution in [3.63, 3.8) is 0 Å². The summed E-state index contributed by atoms with van der Waals surface area (Å²) in [6, 6.07) is 21.0. The second-order valence-corrected chi connectivity index (χ2v) is 23.3. The van der Waals surface area contributed by atoms with E-state index in [0.717, 1.165) is 16.5 Å². The van der Waals surface area contributed by atoms with Crippen LogP contribution >= 0.6 is 11.6 Å². The number of urea groups is 1. The Kier molecular flexibility index (Phi) is 25.1. The van der Waals surface area contributed by atoms with Crippen molar-refractivity contribution in [2.75, 3.05) is 107 Å². The monoisotopic (exact) mass is 1330 g/mol. The van der Waals surface area contributed by atoms with Gasteiger partial charge in [0.05, 0.1) is 50.5 Å². The van der Waals surface area contributed by atoms with Crippen molar-refractivity contribution in [2.45, 2.75) is 58.6 Å². The third-order valence-electron chi connectivity index (χ3n) is 15.8. The molecule has 95 heavy (non-hydrogen) atoms. The van der Waals surface area contributed by atoms with Gasteiger partial charge in [-0.3, -0.25) is 24.0 Å². The van der Waals surface area contributed by atoms with Crippen molar-refractivity contribution < 1.29 is 77.0 Å². The first kappa shape index (κ1) is 70.8. The van der Waals surface area contributed by atoms with Gasteiger partial charge in [0.25, 0.3) is 17.7 Å². The molecule has 0 saturated heterocycles. The topological polar surface area (TPSA) is 345 Å². The normalized spacial score (nSPS) is 13.9. The minimum atomic E-state index is -1.01. The fourth-order valence-electron chi connectivity index (χ4n) is 10.8. The number of pyridine rings is 1. The third-order valence-corrected chi connectivity index (χ3v) is 16.2. The first-order valence-electron chi connectivity index (χ1n) is 30.8. The number of imidazole rings is 1. The van der Waals surface area contributed by atoms with Gasteiger partial charge in [-0.05, 0) is 102 Å². The Balaban J connectivity index is 0.868. The predicted octanol–water partition coefficient (Wildman–Crippen LogP) is 7.46. The average molecular weight is 1330 g/mol. The molecule has 8 N–H and O–H groups in total. The first-order chi connectivity index (χ1) is 45.6. The number of Topliss-reactive ketones (excluding diaryl/α,β-unsaturated/α-hetero) is 1. The summed E-state index contributed by atoms with van der Waals surface area (Å²) in [7, 11) is 1.50. The Hall–Kier alpha value is -10.1. The number of nitrogens with zero attached hydrogens (tertiary/aromatic N) is 6. The van der Waals surface area contributed by atoms with E-state index in [-0.39, 0.29) is 139 Å². The number of aliphatic hydroxyl groups is 1. The third kappa shape index (κ3) is 19.0. The van der Waals surface area contributed by atoms with Crippen LogP contribution in [0.5, 0.6) is 11.5 Å². The van der Waals surface area contributed by atoms with E-state index >= 15 is 0 Å². The molecule has 8 rings (SSSR count). The van der Waals surface area contributed by atoms with Gasteiger partial charge in [-0.2, -0.15) is 0 Å². The molecule has 27 nitrogen and oxygen atoms in total. The zero-order valence-corrected chi connectivity index (χ0v) is 53.9. The Morgan fingerprint density at radius 2 is 1.60 bits per heavy atom. The summed E-state index contributed by atoms with van der Waals surface area (Å²) in [5, 5.41) is 31.2. The summed E-state index contributed by atoms with van der Waals surface area (Å²) in [5.41, 5.74) is 10.1. The lowest BCUT2D eigenvalue weighted by molar-refractivity contribution is -0.128. The number of hydrogen-bond acceptors (Lipinski definition) is 17. The van der Waals surface area contributed by atoms with E-state index in [9.17, 15) is 53.4 Å². The summed E-state index contributed by atoms with van der Waals surface area (Å²) in [6.07, 6.45) is 4.01. The molecule has 2 aromatic heterocycles. The van der Waals surface area contributed by atoms with Gasteiger partial charge >= 0.3 is 24.3 Å². The number of likely N-dealkylation sites (N-methyl/N-ethyl adjacent to an activating group) is 1. The maximum atomic E-state index is 14.6. The number of carbonyl (C=O) groups is 9. The highest BCUT2D eigenvalue weighted by molar-refractivity contribution is 6.19. The summed E-state index contributed by atoms with van der Waals surface area (Å²) in [4.78, 5) is 129. The van der Waals surface area contributed by atoms with Crippen LogP contribution in [-0.4, -0.2) is 186 Å². The summed E-state index contributed by atoms with van der Waals surface area (Å²) >= 11 is 6.65. The summed E-state index contributed by atoms with van der Waals surface area (Å²) in [5.74, 6) is -3.24. The smallest absolute Gasteiger partial charge is 0.415 e. The average Bonchev–Trinajstić information content (AvgIpc) is 1.65. The zero-order valence-electron chi connectivity index (χ0n) is 53.2. The standard InChI is InChI=1S/C67H78ClN11O16/c1-41(2)60(74-65(88)93-33-32-92-30-27-78-43(4)11-22-57(78)83)54(82)34-46(9-7-23-70-64(69)87)62(85)71-48-16-12-44(13-17-48)40-94-66(89)75(5)24-25-76(26-29-91-31-28-80)67(90)95-55-35-53-59(58-42(3)8-6-10-51(55)58)47(36-68)37-79(53)63(86)52-39-77-38-49(18-21-56(77)73-52)72-61(84)45-14-19-50(81)20-15-45/h6,8,10-22,35,38-39,41,46-47,60,80-81H,4,7,9,23-34,36-37,40H2,1-3,5H3,(H,71,85)(H,72,84)(H,74,88)(H3,69,70,87)/t46-,47-,60+/m1/s1. The Bertz CT molecular complexity index is 3810. The highest BCUT2D eigenvalue weighted by atomic mass is 35.5. The number of alkyl halides is 1. The number of aliphatic hydroxyl groups excluding tert-OH is 1. The Labute approximate surface area is 553 Å². The van der Waals surface area contributed by atoms with Crippen LogP contribution in [0.2, 0.25) is 0 Å². The maximum absolute atomic E-state index is 14.6. The number of nitrogens with one attached hydrogen (secondary N) is 4. The number of alkyl carbamates (subject to hydrolysis) is 1. The van der Waals surface area contributed by atoms with Crippen LogP contribution in [0.1, 0.15) is 76.6 Å². The number of ether oxygens (including phenoxy) is 5. The van der Waals surface area contributed by atoms with Crippen LogP contribution in [0.3, 0.4) is 0 Å². The molecule has 0 radical (unpaired) electrons. The van der Waals surface area contributed by atoms with E-state index in [1.807, 2.05) is 25.1 Å². The summed E-state index contributed by atoms with van der Waals surface area (Å²) < 4.78 is 29.8. The van der Waals surface area contributed by atoms with E-state index in [2.05, 4.69) is 32.8 Å². The Morgan fingerprint density at radius 3 is 2.31 bits per heavy atom. The predicted molar refractivity (Wildman–Crippen MR) is 352 cm³/mol. The second kappa shape index (κ2) is 33.7. The number of aromatic nitrogens is 2. The van der Waals surface area contributed by atoms with Crippen LogP contribution < -0.4 is 36.6 Å². The molecule has 28 heteroatoms. The molecule has 0 saturated carbocycles. The van der Waals surface area contributed by atoms with Crippen molar-refractivity contribution in [3.05, 3.63) is 150 Å². The van der Waals surface area contributed by atoms with Crippen LogP contribution in [0.15, 0.2) is 122 Å². The number of benzene rings is 4. The van der Waals surface area contributed by atoms with Gasteiger partial charge in [-0.15, -0.1) is 11.6 Å². The lowest BCUT2D eigenvalue weighted by Crippen LogP contribution is -2.46. The highest BCUT2D eigenvalue weighted by Gasteiger charge is 2.37. The lowest BCUT2D eigenvalue weighted by atomic mass is 9.89. The number of fused-ring (bicyclic) bond motifs is 4. The molecule has 0 unspecified atom stereocenters. The van der Waals surface area contributed by atoms with Gasteiger partial charge in [-0.25, -0.2) is 24.2 Å². The number of aryl methyl sites for hydroxylation is 1. The molecule has 6 aromatic rings. The van der Waals surface area contributed by atoms with Crippen LogP contribution in [0.4, 0.5) is 36.2 Å². The molecule has 4 heterocycles. The SMILES string of the molecule is C=C1C=CC(=O)N1CCOCCOC(=O)N[C@H](C(=O)C[C@@H](CCCNC(N)=O)C(=O)Nc1ccc(COC(=O)N(C)CCN(CCOCCO)C(=O)Oc2cc3c(c4c(C)cccc24)[C@H](CCl)CN3C(=O)c2cn3cc(NC(=O)c4ccc(O)cc4)ccc3n2)cc1)C(C)C. The molecule has 0 bridgehead atoms. The molecule has 4 aromatic carbocycles. The number of phenols is 1. The minimum absolute atomic E-state index is 0.00299. The van der Waals surface area contributed by atoms with Crippen LogP contribution in [0, 0.1) is 18.8 Å². The maximum Gasteiger partial charge on any atom is 0.415 e. The summed E-state index contributed by atoms with van der Waals surface area (Å²) in [6.45, 7) is 9.38. The van der Waals surface area contributed by atoms with E-state index < -0.39 is 59.8 Å². The number of halogens is 1. The molecular formula is C67H78ClN11O16. The number of allylic oxidation sites excluding steroid dienone is 1. The molecule has 2 aliphatic rings. The number of aromatic hydroxyl groups is 1. The number of anilines is 3. The molecular weight excluding hydrogens is 1250 g/mol.